The molecule has 0 spiro atoms. The van der Waals surface area contributed by atoms with Gasteiger partial charge in [0.15, 0.2) is 11.5 Å². The Balaban J connectivity index is 1.59. The molecule has 0 aliphatic carbocycles. The highest BCUT2D eigenvalue weighted by molar-refractivity contribution is 9.10. The fourth-order valence-electron chi connectivity index (χ4n) is 2.40. The van der Waals surface area contributed by atoms with Crippen LogP contribution in [0.2, 0.25) is 0 Å². The molecule has 1 amide bonds. The number of hydrogen-bond acceptors (Lipinski definition) is 6. The molecule has 1 aromatic heterocycles. The van der Waals surface area contributed by atoms with Crippen LogP contribution in [0.5, 0.6) is 11.5 Å². The SMILES string of the molecule is COc1cc(/C=N\NC(=O)Cc2ccc(Br)cc2)ccc1OC(=O)c1cccs1. The molecule has 6 nitrogen and oxygen atoms in total. The second-order valence-electron chi connectivity index (χ2n) is 5.87. The fourth-order valence-corrected chi connectivity index (χ4v) is 3.26. The molecule has 3 aromatic rings. The molecule has 2 aromatic carbocycles. The molecule has 29 heavy (non-hydrogen) atoms. The van der Waals surface area contributed by atoms with E-state index in [2.05, 4.69) is 26.5 Å². The standard InChI is InChI=1S/C21H17BrN2O4S/c1-27-18-11-15(6-9-17(18)28-21(26)19-3-2-10-29-19)13-23-24-20(25)12-14-4-7-16(22)8-5-14/h2-11,13H,12H2,1H3,(H,24,25)/b23-13-. The van der Waals surface area contributed by atoms with E-state index in [1.807, 2.05) is 24.3 Å². The van der Waals surface area contributed by atoms with Crippen LogP contribution in [0.15, 0.2) is 69.6 Å². The molecule has 0 aliphatic rings. The zero-order valence-electron chi connectivity index (χ0n) is 15.4. The normalized spacial score (nSPS) is 10.7. The number of amides is 1. The second kappa shape index (κ2) is 9.99. The number of thiophene rings is 1. The zero-order valence-corrected chi connectivity index (χ0v) is 17.8. The van der Waals surface area contributed by atoms with Gasteiger partial charge in [0.2, 0.25) is 5.91 Å². The monoisotopic (exact) mass is 472 g/mol. The van der Waals surface area contributed by atoms with Crippen LogP contribution in [0, 0.1) is 0 Å². The van der Waals surface area contributed by atoms with Crippen LogP contribution < -0.4 is 14.9 Å². The highest BCUT2D eigenvalue weighted by atomic mass is 79.9. The number of nitrogens with one attached hydrogen (secondary N) is 1. The van der Waals surface area contributed by atoms with E-state index >= 15 is 0 Å². The van der Waals surface area contributed by atoms with Crippen molar-refractivity contribution in [1.82, 2.24) is 5.43 Å². The number of ether oxygens (including phenoxy) is 2. The van der Waals surface area contributed by atoms with Gasteiger partial charge in [-0.1, -0.05) is 34.1 Å². The van der Waals surface area contributed by atoms with Gasteiger partial charge < -0.3 is 9.47 Å². The quantitative estimate of drug-likeness (QED) is 0.238. The van der Waals surface area contributed by atoms with Crippen molar-refractivity contribution in [2.24, 2.45) is 5.10 Å². The van der Waals surface area contributed by atoms with Crippen LogP contribution in [0.3, 0.4) is 0 Å². The van der Waals surface area contributed by atoms with Crippen molar-refractivity contribution in [3.63, 3.8) is 0 Å². The summed E-state index contributed by atoms with van der Waals surface area (Å²) in [4.78, 5) is 24.6. The summed E-state index contributed by atoms with van der Waals surface area (Å²) in [6.07, 6.45) is 1.72. The summed E-state index contributed by atoms with van der Waals surface area (Å²) in [5.41, 5.74) is 4.06. The first-order valence-corrected chi connectivity index (χ1v) is 10.2. The van der Waals surface area contributed by atoms with Gasteiger partial charge in [0, 0.05) is 4.47 Å². The number of rotatable bonds is 7. The predicted molar refractivity (Wildman–Crippen MR) is 116 cm³/mol. The number of carbonyl (C=O) groups excluding carboxylic acids is 2. The highest BCUT2D eigenvalue weighted by Gasteiger charge is 2.13. The van der Waals surface area contributed by atoms with Crippen LogP contribution in [0.25, 0.3) is 0 Å². The lowest BCUT2D eigenvalue weighted by Crippen LogP contribution is -2.19. The third-order valence-corrected chi connectivity index (χ3v) is 5.17. The van der Waals surface area contributed by atoms with Gasteiger partial charge in [-0.05, 0) is 52.9 Å². The lowest BCUT2D eigenvalue weighted by atomic mass is 10.1. The summed E-state index contributed by atoms with van der Waals surface area (Å²) in [5.74, 6) is 0.0272. The van der Waals surface area contributed by atoms with Gasteiger partial charge in [-0.2, -0.15) is 5.10 Å². The van der Waals surface area contributed by atoms with Gasteiger partial charge >= 0.3 is 5.97 Å². The molecular weight excluding hydrogens is 456 g/mol. The second-order valence-corrected chi connectivity index (χ2v) is 7.74. The summed E-state index contributed by atoms with van der Waals surface area (Å²) >= 11 is 4.66. The van der Waals surface area contributed by atoms with E-state index < -0.39 is 5.97 Å². The Labute approximate surface area is 180 Å². The molecule has 3 rings (SSSR count). The van der Waals surface area contributed by atoms with Gasteiger partial charge in [-0.25, -0.2) is 10.2 Å². The number of hydrazone groups is 1. The molecule has 148 valence electrons. The number of hydrogen-bond donors (Lipinski definition) is 1. The summed E-state index contributed by atoms with van der Waals surface area (Å²) in [6.45, 7) is 0. The van der Waals surface area contributed by atoms with Crippen molar-refractivity contribution < 1.29 is 19.1 Å². The molecule has 8 heteroatoms. The Hall–Kier alpha value is -2.97. The van der Waals surface area contributed by atoms with Crippen molar-refractivity contribution in [1.29, 1.82) is 0 Å². The van der Waals surface area contributed by atoms with E-state index in [9.17, 15) is 9.59 Å². The van der Waals surface area contributed by atoms with Crippen molar-refractivity contribution >= 4 is 45.4 Å². The zero-order chi connectivity index (χ0) is 20.6. The summed E-state index contributed by atoms with van der Waals surface area (Å²) in [5, 5.41) is 5.77. The number of esters is 1. The van der Waals surface area contributed by atoms with Crippen LogP contribution in [0.4, 0.5) is 0 Å². The minimum absolute atomic E-state index is 0.225. The molecule has 1 N–H and O–H groups in total. The van der Waals surface area contributed by atoms with Crippen molar-refractivity contribution in [3.8, 4) is 11.5 Å². The molecular formula is C21H17BrN2O4S. The average Bonchev–Trinajstić information content (AvgIpc) is 3.26. The highest BCUT2D eigenvalue weighted by Crippen LogP contribution is 2.28. The topological polar surface area (TPSA) is 77.0 Å². The minimum Gasteiger partial charge on any atom is -0.493 e. The third kappa shape index (κ3) is 6.00. The van der Waals surface area contributed by atoms with E-state index in [0.717, 1.165) is 10.0 Å². The Morgan fingerprint density at radius 2 is 1.93 bits per heavy atom. The van der Waals surface area contributed by atoms with E-state index in [1.54, 1.807) is 35.7 Å². The lowest BCUT2D eigenvalue weighted by Gasteiger charge is -2.09. The molecule has 0 atom stereocenters. The minimum atomic E-state index is -0.445. The van der Waals surface area contributed by atoms with Crippen LogP contribution in [0.1, 0.15) is 20.8 Å². The maximum absolute atomic E-state index is 12.1. The third-order valence-electron chi connectivity index (χ3n) is 3.79. The average molecular weight is 473 g/mol. The van der Waals surface area contributed by atoms with Gasteiger partial charge in [0.1, 0.15) is 4.88 Å². The Kier molecular flexibility index (Phi) is 7.15. The van der Waals surface area contributed by atoms with E-state index in [1.165, 1.54) is 24.7 Å². The maximum atomic E-state index is 12.1. The van der Waals surface area contributed by atoms with Gasteiger partial charge in [0.05, 0.1) is 19.7 Å². The lowest BCUT2D eigenvalue weighted by molar-refractivity contribution is -0.120. The molecule has 0 radical (unpaired) electrons. The Morgan fingerprint density at radius 3 is 2.62 bits per heavy atom. The molecule has 0 saturated heterocycles. The van der Waals surface area contributed by atoms with Crippen LogP contribution in [-0.4, -0.2) is 25.2 Å². The molecule has 0 unspecified atom stereocenters. The van der Waals surface area contributed by atoms with Crippen LogP contribution in [-0.2, 0) is 11.2 Å². The Morgan fingerprint density at radius 1 is 1.14 bits per heavy atom. The maximum Gasteiger partial charge on any atom is 0.353 e. The fraction of sp³-hybridized carbons (Fsp3) is 0.0952. The molecule has 0 fully saturated rings. The predicted octanol–water partition coefficient (Wildman–Crippen LogP) is 4.43. The van der Waals surface area contributed by atoms with E-state index in [4.69, 9.17) is 9.47 Å². The van der Waals surface area contributed by atoms with Gasteiger partial charge in [-0.15, -0.1) is 11.3 Å². The number of benzene rings is 2. The van der Waals surface area contributed by atoms with Crippen LogP contribution >= 0.6 is 27.3 Å². The Bertz CT molecular complexity index is 1020. The first kappa shape index (κ1) is 20.8. The van der Waals surface area contributed by atoms with Gasteiger partial charge in [-0.3, -0.25) is 4.79 Å². The molecule has 0 saturated carbocycles. The molecule has 1 heterocycles. The number of carbonyl (C=O) groups is 2. The molecule has 0 bridgehead atoms. The molecule has 0 aliphatic heterocycles. The summed E-state index contributed by atoms with van der Waals surface area (Å²) in [7, 11) is 1.48. The first-order valence-electron chi connectivity index (χ1n) is 8.55. The number of nitrogens with zero attached hydrogens (tertiary/aromatic N) is 1. The first-order chi connectivity index (χ1) is 14.0. The van der Waals surface area contributed by atoms with Crippen molar-refractivity contribution in [3.05, 3.63) is 80.5 Å². The number of methoxy groups -OCH3 is 1. The van der Waals surface area contributed by atoms with Crippen molar-refractivity contribution in [2.75, 3.05) is 7.11 Å². The van der Waals surface area contributed by atoms with E-state index in [-0.39, 0.29) is 12.3 Å². The smallest absolute Gasteiger partial charge is 0.353 e. The largest absolute Gasteiger partial charge is 0.493 e. The van der Waals surface area contributed by atoms with Gasteiger partial charge in [0.25, 0.3) is 0 Å². The number of halogens is 1. The van der Waals surface area contributed by atoms with E-state index in [0.29, 0.717) is 21.9 Å². The summed E-state index contributed by atoms with van der Waals surface area (Å²) < 4.78 is 11.6. The summed E-state index contributed by atoms with van der Waals surface area (Å²) in [6, 6.07) is 16.0. The van der Waals surface area contributed by atoms with Crippen molar-refractivity contribution in [2.45, 2.75) is 6.42 Å².